The van der Waals surface area contributed by atoms with Crippen LogP contribution in [0.1, 0.15) is 109 Å². The van der Waals surface area contributed by atoms with Gasteiger partial charge in [0.1, 0.15) is 0 Å². The zero-order valence-electron chi connectivity index (χ0n) is 19.9. The molecule has 0 bridgehead atoms. The first-order valence-corrected chi connectivity index (χ1v) is 13.2. The molecule has 2 aliphatic carbocycles. The highest BCUT2D eigenvalue weighted by molar-refractivity contribution is 5.31. The summed E-state index contributed by atoms with van der Waals surface area (Å²) >= 11 is 0. The minimum atomic E-state index is -0.800. The van der Waals surface area contributed by atoms with E-state index in [0.717, 1.165) is 43.4 Å². The largest absolute Gasteiger partial charge is 0.490 e. The molecule has 0 heterocycles. The van der Waals surface area contributed by atoms with E-state index < -0.39 is 11.6 Å². The van der Waals surface area contributed by atoms with E-state index in [1.54, 1.807) is 12.1 Å². The molecule has 0 amide bonds. The summed E-state index contributed by atoms with van der Waals surface area (Å²) in [6.45, 7) is 4.97. The lowest BCUT2D eigenvalue weighted by molar-refractivity contribution is 0.120. The van der Waals surface area contributed by atoms with E-state index in [-0.39, 0.29) is 5.75 Å². The SMILES string of the molecule is CCCCCCc1ccc(OCC2CCC(C3CCC(CCC)CC3)CC2)c(F)c1F. The molecule has 0 spiro atoms. The molecule has 2 saturated carbocycles. The van der Waals surface area contributed by atoms with Gasteiger partial charge in [-0.3, -0.25) is 0 Å². The predicted molar refractivity (Wildman–Crippen MR) is 126 cm³/mol. The molecule has 0 N–H and O–H groups in total. The van der Waals surface area contributed by atoms with E-state index in [1.165, 1.54) is 64.2 Å². The van der Waals surface area contributed by atoms with Crippen molar-refractivity contribution in [3.05, 3.63) is 29.3 Å². The third-order valence-electron chi connectivity index (χ3n) is 8.05. The van der Waals surface area contributed by atoms with Gasteiger partial charge in [-0.05, 0) is 86.7 Å². The Bertz CT molecular complexity index is 643. The fourth-order valence-corrected chi connectivity index (χ4v) is 6.01. The molecule has 31 heavy (non-hydrogen) atoms. The maximum Gasteiger partial charge on any atom is 0.200 e. The first-order valence-electron chi connectivity index (χ1n) is 13.2. The molecule has 0 unspecified atom stereocenters. The summed E-state index contributed by atoms with van der Waals surface area (Å²) in [6.07, 6.45) is 18.2. The van der Waals surface area contributed by atoms with Gasteiger partial charge in [0.15, 0.2) is 11.6 Å². The molecule has 1 aromatic rings. The van der Waals surface area contributed by atoms with Crippen molar-refractivity contribution < 1.29 is 13.5 Å². The Hall–Kier alpha value is -1.12. The molecular formula is C28H44F2O. The van der Waals surface area contributed by atoms with Gasteiger partial charge in [0.2, 0.25) is 5.82 Å². The molecule has 0 atom stereocenters. The lowest BCUT2D eigenvalue weighted by Crippen LogP contribution is -2.27. The molecule has 3 rings (SSSR count). The Morgan fingerprint density at radius 3 is 2.00 bits per heavy atom. The standard InChI is InChI=1S/C28H44F2O/c1-3-5-6-7-9-25-18-19-26(28(30)27(25)29)31-20-22-12-16-24(17-13-22)23-14-10-21(8-4-2)11-15-23/h18-19,21-24H,3-17,20H2,1-2H3. The number of rotatable bonds is 11. The van der Waals surface area contributed by atoms with Gasteiger partial charge < -0.3 is 4.74 Å². The third kappa shape index (κ3) is 7.19. The molecule has 176 valence electrons. The van der Waals surface area contributed by atoms with Crippen LogP contribution in [-0.4, -0.2) is 6.61 Å². The van der Waals surface area contributed by atoms with Gasteiger partial charge in [0, 0.05) is 0 Å². The third-order valence-corrected chi connectivity index (χ3v) is 8.05. The van der Waals surface area contributed by atoms with Crippen molar-refractivity contribution in [2.75, 3.05) is 6.61 Å². The number of halogens is 2. The number of hydrogen-bond acceptors (Lipinski definition) is 1. The molecule has 0 saturated heterocycles. The monoisotopic (exact) mass is 434 g/mol. The summed E-state index contributed by atoms with van der Waals surface area (Å²) in [6, 6.07) is 3.35. The highest BCUT2D eigenvalue weighted by Crippen LogP contribution is 2.42. The Morgan fingerprint density at radius 1 is 0.742 bits per heavy atom. The van der Waals surface area contributed by atoms with Gasteiger partial charge in [-0.2, -0.15) is 4.39 Å². The average Bonchev–Trinajstić information content (AvgIpc) is 2.80. The molecule has 1 aromatic carbocycles. The van der Waals surface area contributed by atoms with E-state index in [2.05, 4.69) is 13.8 Å². The summed E-state index contributed by atoms with van der Waals surface area (Å²) in [5.41, 5.74) is 0.482. The van der Waals surface area contributed by atoms with Gasteiger partial charge in [0.25, 0.3) is 0 Å². The van der Waals surface area contributed by atoms with Crippen molar-refractivity contribution in [3.63, 3.8) is 0 Å². The van der Waals surface area contributed by atoms with Crippen LogP contribution in [0.25, 0.3) is 0 Å². The average molecular weight is 435 g/mol. The smallest absolute Gasteiger partial charge is 0.200 e. The zero-order valence-corrected chi connectivity index (χ0v) is 19.9. The highest BCUT2D eigenvalue weighted by atomic mass is 19.2. The van der Waals surface area contributed by atoms with Crippen molar-refractivity contribution in [2.24, 2.45) is 23.7 Å². The van der Waals surface area contributed by atoms with E-state index >= 15 is 0 Å². The van der Waals surface area contributed by atoms with Gasteiger partial charge in [-0.1, -0.05) is 64.9 Å². The minimum Gasteiger partial charge on any atom is -0.490 e. The van der Waals surface area contributed by atoms with Gasteiger partial charge in [-0.15, -0.1) is 0 Å². The first-order chi connectivity index (χ1) is 15.1. The predicted octanol–water partition coefficient (Wildman–Crippen LogP) is 8.88. The quantitative estimate of drug-likeness (QED) is 0.316. The number of hydrogen-bond donors (Lipinski definition) is 0. The summed E-state index contributed by atoms with van der Waals surface area (Å²) in [7, 11) is 0. The van der Waals surface area contributed by atoms with Gasteiger partial charge in [0.05, 0.1) is 6.61 Å². The van der Waals surface area contributed by atoms with Crippen molar-refractivity contribution in [1.29, 1.82) is 0 Å². The molecule has 0 radical (unpaired) electrons. The second-order valence-electron chi connectivity index (χ2n) is 10.3. The van der Waals surface area contributed by atoms with Crippen LogP contribution in [0.4, 0.5) is 8.78 Å². The summed E-state index contributed by atoms with van der Waals surface area (Å²) in [4.78, 5) is 0. The minimum absolute atomic E-state index is 0.0891. The second-order valence-corrected chi connectivity index (χ2v) is 10.3. The molecule has 2 fully saturated rings. The fraction of sp³-hybridized carbons (Fsp3) is 0.786. The summed E-state index contributed by atoms with van der Waals surface area (Å²) in [5.74, 6) is 1.83. The Morgan fingerprint density at radius 2 is 1.39 bits per heavy atom. The molecule has 3 heteroatoms. The van der Waals surface area contributed by atoms with Crippen molar-refractivity contribution in [1.82, 2.24) is 0 Å². The molecular weight excluding hydrogens is 390 g/mol. The lowest BCUT2D eigenvalue weighted by atomic mass is 9.69. The van der Waals surface area contributed by atoms with Gasteiger partial charge in [-0.25, -0.2) is 4.39 Å². The van der Waals surface area contributed by atoms with Crippen LogP contribution in [0.5, 0.6) is 5.75 Å². The van der Waals surface area contributed by atoms with Crippen LogP contribution in [0, 0.1) is 35.3 Å². The normalized spacial score (nSPS) is 26.7. The lowest BCUT2D eigenvalue weighted by Gasteiger charge is -2.37. The topological polar surface area (TPSA) is 9.23 Å². The van der Waals surface area contributed by atoms with E-state index in [1.807, 2.05) is 0 Å². The summed E-state index contributed by atoms with van der Waals surface area (Å²) < 4.78 is 34.7. The van der Waals surface area contributed by atoms with E-state index in [4.69, 9.17) is 4.74 Å². The maximum absolute atomic E-state index is 14.5. The van der Waals surface area contributed by atoms with Crippen LogP contribution in [0.2, 0.25) is 0 Å². The number of aryl methyl sites for hydroxylation is 1. The van der Waals surface area contributed by atoms with Crippen LogP contribution in [0.3, 0.4) is 0 Å². The summed E-state index contributed by atoms with van der Waals surface area (Å²) in [5, 5.41) is 0. The molecule has 0 aromatic heterocycles. The Balaban J connectivity index is 1.40. The Labute approximate surface area is 189 Å². The van der Waals surface area contributed by atoms with Crippen LogP contribution >= 0.6 is 0 Å². The second kappa shape index (κ2) is 12.8. The highest BCUT2D eigenvalue weighted by Gasteiger charge is 2.31. The molecule has 1 nitrogen and oxygen atoms in total. The van der Waals surface area contributed by atoms with Crippen molar-refractivity contribution in [3.8, 4) is 5.75 Å². The van der Waals surface area contributed by atoms with Crippen molar-refractivity contribution in [2.45, 2.75) is 110 Å². The molecule has 0 aliphatic heterocycles. The number of benzene rings is 1. The number of ether oxygens (including phenoxy) is 1. The zero-order chi connectivity index (χ0) is 22.1. The van der Waals surface area contributed by atoms with E-state index in [9.17, 15) is 8.78 Å². The van der Waals surface area contributed by atoms with E-state index in [0.29, 0.717) is 24.5 Å². The Kier molecular flexibility index (Phi) is 10.1. The van der Waals surface area contributed by atoms with Crippen LogP contribution in [0.15, 0.2) is 12.1 Å². The van der Waals surface area contributed by atoms with Crippen LogP contribution < -0.4 is 4.74 Å². The van der Waals surface area contributed by atoms with Crippen LogP contribution in [-0.2, 0) is 6.42 Å². The molecule has 2 aliphatic rings. The maximum atomic E-state index is 14.5. The van der Waals surface area contributed by atoms with Crippen molar-refractivity contribution >= 4 is 0 Å². The fourth-order valence-electron chi connectivity index (χ4n) is 6.01. The van der Waals surface area contributed by atoms with Gasteiger partial charge >= 0.3 is 0 Å². The number of unbranched alkanes of at least 4 members (excludes halogenated alkanes) is 3. The first kappa shape index (κ1) is 24.5.